The number of rotatable bonds is 4. The maximum atomic E-state index is 13.2. The molecule has 6 nitrogen and oxygen atoms in total. The second-order valence-electron chi connectivity index (χ2n) is 4.24. The number of pyridine rings is 1. The monoisotopic (exact) mass is 308 g/mol. The first-order valence-corrected chi connectivity index (χ1v) is 7.31. The van der Waals surface area contributed by atoms with Gasteiger partial charge >= 0.3 is 0 Å². The van der Waals surface area contributed by atoms with Gasteiger partial charge in [0.05, 0.1) is 11.9 Å². The van der Waals surface area contributed by atoms with Crippen molar-refractivity contribution >= 4 is 21.5 Å². The smallest absolute Gasteiger partial charge is 0.265 e. The Bertz CT molecular complexity index is 792. The van der Waals surface area contributed by atoms with Crippen LogP contribution in [0.15, 0.2) is 47.6 Å². The lowest BCUT2D eigenvalue weighted by atomic mass is 10.1. The average Bonchev–Trinajstić information content (AvgIpc) is 2.46. The highest BCUT2D eigenvalue weighted by Gasteiger charge is 2.24. The van der Waals surface area contributed by atoms with Crippen LogP contribution < -0.4 is 10.0 Å². The summed E-state index contributed by atoms with van der Waals surface area (Å²) in [5.74, 6) is -1.01. The lowest BCUT2D eigenvalue weighted by Crippen LogP contribution is -2.29. The molecular weight excluding hydrogens is 295 g/mol. The number of nitrogens with two attached hydrogens (primary N) is 1. The van der Waals surface area contributed by atoms with Crippen molar-refractivity contribution in [3.8, 4) is 0 Å². The SMILES string of the molecule is CN(c1ccccc1C(=N)N)S(=O)(=O)c1cncc(F)c1. The molecule has 2 aromatic rings. The van der Waals surface area contributed by atoms with Gasteiger partial charge in [-0.3, -0.25) is 14.7 Å². The van der Waals surface area contributed by atoms with Gasteiger partial charge in [0, 0.05) is 18.8 Å². The van der Waals surface area contributed by atoms with Crippen molar-refractivity contribution in [1.82, 2.24) is 4.98 Å². The summed E-state index contributed by atoms with van der Waals surface area (Å²) >= 11 is 0. The molecule has 0 amide bonds. The number of amidine groups is 1. The molecule has 0 aliphatic carbocycles. The fourth-order valence-electron chi connectivity index (χ4n) is 1.80. The van der Waals surface area contributed by atoms with E-state index in [2.05, 4.69) is 4.98 Å². The Morgan fingerprint density at radius 3 is 2.62 bits per heavy atom. The Morgan fingerprint density at radius 1 is 1.33 bits per heavy atom. The third-order valence-corrected chi connectivity index (χ3v) is 4.61. The van der Waals surface area contributed by atoms with Gasteiger partial charge in [-0.25, -0.2) is 12.8 Å². The maximum Gasteiger partial charge on any atom is 0.265 e. The van der Waals surface area contributed by atoms with Crippen molar-refractivity contribution in [2.45, 2.75) is 4.90 Å². The van der Waals surface area contributed by atoms with E-state index in [9.17, 15) is 12.8 Å². The van der Waals surface area contributed by atoms with Crippen LogP contribution in [0.2, 0.25) is 0 Å². The summed E-state index contributed by atoms with van der Waals surface area (Å²) in [5, 5.41) is 7.50. The zero-order valence-electron chi connectivity index (χ0n) is 11.1. The Balaban J connectivity index is 2.54. The standard InChI is InChI=1S/C13H13FN4O2S/c1-18(12-5-3-2-4-11(12)13(15)16)21(19,20)10-6-9(14)7-17-8-10/h2-8H,1H3,(H3,15,16). The van der Waals surface area contributed by atoms with Gasteiger partial charge in [-0.1, -0.05) is 12.1 Å². The van der Waals surface area contributed by atoms with Gasteiger partial charge < -0.3 is 5.73 Å². The summed E-state index contributed by atoms with van der Waals surface area (Å²) in [5.41, 5.74) is 5.95. The quantitative estimate of drug-likeness (QED) is 0.657. The van der Waals surface area contributed by atoms with Gasteiger partial charge in [0.15, 0.2) is 0 Å². The molecule has 0 fully saturated rings. The van der Waals surface area contributed by atoms with Crippen LogP contribution in [0, 0.1) is 11.2 Å². The van der Waals surface area contributed by atoms with E-state index >= 15 is 0 Å². The second-order valence-corrected chi connectivity index (χ2v) is 6.21. The number of halogens is 1. The van der Waals surface area contributed by atoms with Crippen molar-refractivity contribution in [3.63, 3.8) is 0 Å². The predicted molar refractivity (Wildman–Crippen MR) is 77.2 cm³/mol. The molecule has 21 heavy (non-hydrogen) atoms. The first-order chi connectivity index (χ1) is 9.84. The lowest BCUT2D eigenvalue weighted by Gasteiger charge is -2.21. The van der Waals surface area contributed by atoms with Gasteiger partial charge in [-0.05, 0) is 18.2 Å². The third-order valence-electron chi connectivity index (χ3n) is 2.87. The van der Waals surface area contributed by atoms with Crippen molar-refractivity contribution < 1.29 is 12.8 Å². The number of benzene rings is 1. The van der Waals surface area contributed by atoms with Crippen LogP contribution in [0.1, 0.15) is 5.56 Å². The Hall–Kier alpha value is -2.48. The van der Waals surface area contributed by atoms with E-state index in [4.69, 9.17) is 11.1 Å². The molecule has 2 rings (SSSR count). The number of nitrogens with one attached hydrogen (secondary N) is 1. The van der Waals surface area contributed by atoms with Crippen LogP contribution in [0.5, 0.6) is 0 Å². The first kappa shape index (κ1) is 14.9. The summed E-state index contributed by atoms with van der Waals surface area (Å²) in [6, 6.07) is 7.20. The van der Waals surface area contributed by atoms with Crippen LogP contribution >= 0.6 is 0 Å². The average molecular weight is 308 g/mol. The van der Waals surface area contributed by atoms with Gasteiger partial charge in [-0.2, -0.15) is 0 Å². The summed E-state index contributed by atoms with van der Waals surface area (Å²) in [6.45, 7) is 0. The molecular formula is C13H13FN4O2S. The summed E-state index contributed by atoms with van der Waals surface area (Å²) in [4.78, 5) is 3.26. The van der Waals surface area contributed by atoms with Crippen LogP contribution in [0.4, 0.5) is 10.1 Å². The zero-order chi connectivity index (χ0) is 15.6. The highest BCUT2D eigenvalue weighted by Crippen LogP contribution is 2.25. The van der Waals surface area contributed by atoms with E-state index in [1.165, 1.54) is 19.2 Å². The molecule has 1 aromatic heterocycles. The van der Waals surface area contributed by atoms with Crippen LogP contribution in [-0.4, -0.2) is 26.3 Å². The normalized spacial score (nSPS) is 11.1. The van der Waals surface area contributed by atoms with Crippen molar-refractivity contribution in [2.75, 3.05) is 11.4 Å². The van der Waals surface area contributed by atoms with E-state index in [0.717, 1.165) is 22.8 Å². The molecule has 0 saturated heterocycles. The molecule has 0 bridgehead atoms. The number of para-hydroxylation sites is 1. The number of nitrogens with zero attached hydrogens (tertiary/aromatic N) is 2. The number of nitrogen functional groups attached to an aromatic ring is 1. The Labute approximate surface area is 121 Å². The van der Waals surface area contributed by atoms with Crippen LogP contribution in [0.25, 0.3) is 0 Å². The third kappa shape index (κ3) is 2.84. The largest absolute Gasteiger partial charge is 0.384 e. The summed E-state index contributed by atoms with van der Waals surface area (Å²) in [6.07, 6.45) is 1.98. The molecule has 1 aromatic carbocycles. The number of anilines is 1. The Kier molecular flexibility index (Phi) is 3.90. The van der Waals surface area contributed by atoms with Crippen LogP contribution in [-0.2, 0) is 10.0 Å². The zero-order valence-corrected chi connectivity index (χ0v) is 11.9. The van der Waals surface area contributed by atoms with E-state index in [1.807, 2.05) is 0 Å². The second kappa shape index (κ2) is 5.49. The molecule has 0 atom stereocenters. The molecule has 3 N–H and O–H groups in total. The number of hydrogen-bond acceptors (Lipinski definition) is 4. The molecule has 0 spiro atoms. The molecule has 0 aliphatic rings. The number of aromatic nitrogens is 1. The minimum atomic E-state index is -3.99. The minimum absolute atomic E-state index is 0.231. The molecule has 0 unspecified atom stereocenters. The van der Waals surface area contributed by atoms with E-state index in [0.29, 0.717) is 0 Å². The van der Waals surface area contributed by atoms with Crippen molar-refractivity contribution in [3.05, 3.63) is 54.1 Å². The van der Waals surface area contributed by atoms with Crippen molar-refractivity contribution in [2.24, 2.45) is 5.73 Å². The highest BCUT2D eigenvalue weighted by atomic mass is 32.2. The minimum Gasteiger partial charge on any atom is -0.384 e. The fourth-order valence-corrected chi connectivity index (χ4v) is 2.99. The van der Waals surface area contributed by atoms with E-state index in [1.54, 1.807) is 12.1 Å². The molecule has 0 radical (unpaired) electrons. The molecule has 0 saturated carbocycles. The topological polar surface area (TPSA) is 100 Å². The van der Waals surface area contributed by atoms with E-state index in [-0.39, 0.29) is 22.0 Å². The fraction of sp³-hybridized carbons (Fsp3) is 0.0769. The summed E-state index contributed by atoms with van der Waals surface area (Å²) in [7, 11) is -2.68. The van der Waals surface area contributed by atoms with Gasteiger partial charge in [0.2, 0.25) is 0 Å². The van der Waals surface area contributed by atoms with E-state index < -0.39 is 15.8 Å². The number of sulfonamides is 1. The van der Waals surface area contributed by atoms with Gasteiger partial charge in [-0.15, -0.1) is 0 Å². The molecule has 110 valence electrons. The van der Waals surface area contributed by atoms with Crippen molar-refractivity contribution in [1.29, 1.82) is 5.41 Å². The van der Waals surface area contributed by atoms with Gasteiger partial charge in [0.1, 0.15) is 16.5 Å². The first-order valence-electron chi connectivity index (χ1n) is 5.87. The molecule has 1 heterocycles. The lowest BCUT2D eigenvalue weighted by molar-refractivity contribution is 0.587. The maximum absolute atomic E-state index is 13.2. The van der Waals surface area contributed by atoms with Crippen LogP contribution in [0.3, 0.4) is 0 Å². The predicted octanol–water partition coefficient (Wildman–Crippen LogP) is 1.33. The molecule has 8 heteroatoms. The Morgan fingerprint density at radius 2 is 2.00 bits per heavy atom. The summed E-state index contributed by atoms with van der Waals surface area (Å²) < 4.78 is 39.1. The molecule has 0 aliphatic heterocycles. The van der Waals surface area contributed by atoms with Gasteiger partial charge in [0.25, 0.3) is 10.0 Å². The number of hydrogen-bond donors (Lipinski definition) is 2. The highest BCUT2D eigenvalue weighted by molar-refractivity contribution is 7.92.